The molecule has 0 unspecified atom stereocenters. The largest absolute Gasteiger partial charge is 0.453 e. The van der Waals surface area contributed by atoms with Gasteiger partial charge < -0.3 is 29.2 Å². The van der Waals surface area contributed by atoms with E-state index < -0.39 is 38.7 Å². The lowest BCUT2D eigenvalue weighted by molar-refractivity contribution is -0.147. The van der Waals surface area contributed by atoms with Crippen LogP contribution in [0.25, 0.3) is 10.8 Å². The minimum atomic E-state index is -0.793. The van der Waals surface area contributed by atoms with Crippen molar-refractivity contribution in [3.8, 4) is 11.5 Å². The van der Waals surface area contributed by atoms with Crippen LogP contribution in [-0.4, -0.2) is 49.0 Å². The highest BCUT2D eigenvalue weighted by atomic mass is 19.1. The predicted octanol–water partition coefficient (Wildman–Crippen LogP) is 7.01. The number of benzene rings is 3. The number of hydrogen-bond donors (Lipinski definition) is 2. The summed E-state index contributed by atoms with van der Waals surface area (Å²) in [6, 6.07) is 15.5. The first-order chi connectivity index (χ1) is 22.2. The minimum Gasteiger partial charge on any atom is -0.453 e. The van der Waals surface area contributed by atoms with Crippen molar-refractivity contribution < 1.29 is 43.1 Å². The standard InChI is InChI=1S/C37H43FO8/c1-4-5-6-7-31-16-29-13-12-28(17-32(29)18-33(31)38)26-8-10-27(11-9-26)30-14-15-34(43-22-45-36(41)24(2)20-39)35(19-30)44-23-46-37(42)25(3)21-40/h12-19,26-27,39-40H,2-11,20-23H2,1H3. The van der Waals surface area contributed by atoms with Crippen LogP contribution in [0.4, 0.5) is 4.39 Å². The molecule has 1 fully saturated rings. The molecular weight excluding hydrogens is 591 g/mol. The van der Waals surface area contributed by atoms with E-state index in [0.717, 1.165) is 73.3 Å². The molecule has 0 saturated heterocycles. The molecule has 2 N–H and O–H groups in total. The molecule has 0 atom stereocenters. The third kappa shape index (κ3) is 9.17. The highest BCUT2D eigenvalue weighted by Crippen LogP contribution is 2.43. The third-order valence-corrected chi connectivity index (χ3v) is 8.48. The summed E-state index contributed by atoms with van der Waals surface area (Å²) in [7, 11) is 0. The number of carbonyl (C=O) groups excluding carboxylic acids is 2. The first-order valence-corrected chi connectivity index (χ1v) is 15.8. The van der Waals surface area contributed by atoms with Crippen molar-refractivity contribution in [2.75, 3.05) is 26.8 Å². The number of esters is 2. The van der Waals surface area contributed by atoms with Crippen molar-refractivity contribution >= 4 is 22.7 Å². The van der Waals surface area contributed by atoms with Gasteiger partial charge in [0.15, 0.2) is 11.5 Å². The molecule has 0 heterocycles. The highest BCUT2D eigenvalue weighted by molar-refractivity contribution is 5.88. The summed E-state index contributed by atoms with van der Waals surface area (Å²) >= 11 is 0. The van der Waals surface area contributed by atoms with Gasteiger partial charge in [-0.05, 0) is 102 Å². The number of rotatable bonds is 16. The number of aliphatic hydroxyl groups is 2. The molecule has 1 saturated carbocycles. The van der Waals surface area contributed by atoms with Gasteiger partial charge in [-0.15, -0.1) is 0 Å². The summed E-state index contributed by atoms with van der Waals surface area (Å²) in [5.74, 6) is -0.555. The molecule has 0 radical (unpaired) electrons. The predicted molar refractivity (Wildman–Crippen MR) is 173 cm³/mol. The van der Waals surface area contributed by atoms with Gasteiger partial charge in [0.1, 0.15) is 5.82 Å². The molecule has 0 spiro atoms. The molecule has 0 aromatic heterocycles. The lowest BCUT2D eigenvalue weighted by atomic mass is 9.76. The maximum Gasteiger partial charge on any atom is 0.338 e. The van der Waals surface area contributed by atoms with Crippen molar-refractivity contribution in [1.29, 1.82) is 0 Å². The average Bonchev–Trinajstić information content (AvgIpc) is 3.08. The lowest BCUT2D eigenvalue weighted by Gasteiger charge is -2.29. The Balaban J connectivity index is 1.42. The molecule has 0 amide bonds. The van der Waals surface area contributed by atoms with Crippen LogP contribution in [-0.2, 0) is 25.5 Å². The SMILES string of the molecule is C=C(CO)C(=O)OCOc1ccc(C2CCC(c3ccc4cc(CCCCC)c(F)cc4c3)CC2)cc1OCOC(=O)C(=C)CO. The second-order valence-electron chi connectivity index (χ2n) is 11.7. The van der Waals surface area contributed by atoms with E-state index in [1.807, 2.05) is 18.2 Å². The zero-order valence-corrected chi connectivity index (χ0v) is 26.4. The molecule has 9 heteroatoms. The monoisotopic (exact) mass is 634 g/mol. The quantitative estimate of drug-likeness (QED) is 0.0750. The van der Waals surface area contributed by atoms with E-state index in [9.17, 15) is 14.0 Å². The second kappa shape index (κ2) is 16.9. The summed E-state index contributed by atoms with van der Waals surface area (Å²) < 4.78 is 36.2. The Kier molecular flexibility index (Phi) is 12.7. The number of aliphatic hydroxyl groups excluding tert-OH is 2. The minimum absolute atomic E-state index is 0.106. The van der Waals surface area contributed by atoms with E-state index in [-0.39, 0.29) is 34.4 Å². The van der Waals surface area contributed by atoms with E-state index in [0.29, 0.717) is 5.92 Å². The Morgan fingerprint density at radius 2 is 1.33 bits per heavy atom. The van der Waals surface area contributed by atoms with Crippen LogP contribution in [0.2, 0.25) is 0 Å². The number of fused-ring (bicyclic) bond motifs is 1. The Morgan fingerprint density at radius 1 is 0.761 bits per heavy atom. The van der Waals surface area contributed by atoms with Crippen molar-refractivity contribution in [1.82, 2.24) is 0 Å². The van der Waals surface area contributed by atoms with Gasteiger partial charge in [-0.3, -0.25) is 0 Å². The number of carbonyl (C=O) groups is 2. The molecular formula is C37H43FO8. The zero-order chi connectivity index (χ0) is 33.1. The fraction of sp³-hybridized carbons (Fsp3) is 0.405. The zero-order valence-electron chi connectivity index (χ0n) is 26.4. The number of unbranched alkanes of at least 4 members (excludes halogenated alkanes) is 2. The second-order valence-corrected chi connectivity index (χ2v) is 11.7. The first kappa shape index (κ1) is 34.7. The van der Waals surface area contributed by atoms with E-state index in [2.05, 4.69) is 38.3 Å². The van der Waals surface area contributed by atoms with Crippen LogP contribution in [0.3, 0.4) is 0 Å². The lowest BCUT2D eigenvalue weighted by Crippen LogP contribution is -2.16. The van der Waals surface area contributed by atoms with Gasteiger partial charge in [0.2, 0.25) is 13.6 Å². The molecule has 1 aliphatic rings. The van der Waals surface area contributed by atoms with Crippen molar-refractivity contribution in [3.05, 3.63) is 95.3 Å². The summed E-state index contributed by atoms with van der Waals surface area (Å²) in [4.78, 5) is 23.7. The summed E-state index contributed by atoms with van der Waals surface area (Å²) in [6.45, 7) is 7.04. The fourth-order valence-corrected chi connectivity index (χ4v) is 5.74. The highest BCUT2D eigenvalue weighted by Gasteiger charge is 2.25. The van der Waals surface area contributed by atoms with Crippen LogP contribution in [0, 0.1) is 5.82 Å². The molecule has 0 bridgehead atoms. The Bertz CT molecular complexity index is 1540. The number of halogens is 1. The van der Waals surface area contributed by atoms with Crippen LogP contribution >= 0.6 is 0 Å². The average molecular weight is 635 g/mol. The molecule has 3 aromatic rings. The first-order valence-electron chi connectivity index (χ1n) is 15.8. The molecule has 3 aromatic carbocycles. The van der Waals surface area contributed by atoms with E-state index in [1.54, 1.807) is 12.1 Å². The van der Waals surface area contributed by atoms with Gasteiger partial charge in [0, 0.05) is 0 Å². The van der Waals surface area contributed by atoms with E-state index in [4.69, 9.17) is 29.2 Å². The molecule has 8 nitrogen and oxygen atoms in total. The normalized spacial score (nSPS) is 16.1. The van der Waals surface area contributed by atoms with Gasteiger partial charge >= 0.3 is 11.9 Å². The molecule has 246 valence electrons. The van der Waals surface area contributed by atoms with Crippen LogP contribution < -0.4 is 9.47 Å². The summed E-state index contributed by atoms with van der Waals surface area (Å²) in [5.41, 5.74) is 2.82. The van der Waals surface area contributed by atoms with E-state index >= 15 is 0 Å². The topological polar surface area (TPSA) is 112 Å². The molecule has 46 heavy (non-hydrogen) atoms. The van der Waals surface area contributed by atoms with Gasteiger partial charge in [0.05, 0.1) is 24.4 Å². The van der Waals surface area contributed by atoms with Crippen molar-refractivity contribution in [2.45, 2.75) is 70.1 Å². The Labute approximate surface area is 269 Å². The molecule has 4 rings (SSSR count). The Hall–Kier alpha value is -4.21. The van der Waals surface area contributed by atoms with Gasteiger partial charge in [0.25, 0.3) is 0 Å². The maximum atomic E-state index is 14.8. The Morgan fingerprint density at radius 3 is 1.91 bits per heavy atom. The van der Waals surface area contributed by atoms with Gasteiger partial charge in [-0.2, -0.15) is 0 Å². The van der Waals surface area contributed by atoms with Crippen LogP contribution in [0.5, 0.6) is 11.5 Å². The number of hydrogen-bond acceptors (Lipinski definition) is 8. The van der Waals surface area contributed by atoms with Crippen molar-refractivity contribution in [2.24, 2.45) is 0 Å². The van der Waals surface area contributed by atoms with Crippen LogP contribution in [0.15, 0.2) is 72.8 Å². The fourth-order valence-electron chi connectivity index (χ4n) is 5.74. The smallest absolute Gasteiger partial charge is 0.338 e. The summed E-state index contributed by atoms with van der Waals surface area (Å²) in [6.07, 6.45) is 7.76. The van der Waals surface area contributed by atoms with Gasteiger partial charge in [-0.1, -0.05) is 57.2 Å². The third-order valence-electron chi connectivity index (χ3n) is 8.48. The molecule has 0 aliphatic heterocycles. The number of ether oxygens (including phenoxy) is 4. The molecule has 1 aliphatic carbocycles. The maximum absolute atomic E-state index is 14.8. The summed E-state index contributed by atoms with van der Waals surface area (Å²) in [5, 5.41) is 20.2. The van der Waals surface area contributed by atoms with Crippen molar-refractivity contribution in [3.63, 3.8) is 0 Å². The number of aryl methyl sites for hydroxylation is 1. The van der Waals surface area contributed by atoms with Gasteiger partial charge in [-0.25, -0.2) is 14.0 Å². The van der Waals surface area contributed by atoms with E-state index in [1.165, 1.54) is 5.56 Å². The van der Waals surface area contributed by atoms with Crippen LogP contribution in [0.1, 0.15) is 80.4 Å².